The largest absolute Gasteiger partial charge is 0.495 e. The number of carboxylic acid groups (broad SMARTS) is 1. The predicted molar refractivity (Wildman–Crippen MR) is 69.3 cm³/mol. The summed E-state index contributed by atoms with van der Waals surface area (Å²) in [5.41, 5.74) is 0.517. The molecule has 0 aliphatic heterocycles. The molecule has 5 heteroatoms. The van der Waals surface area contributed by atoms with Gasteiger partial charge in [-0.1, -0.05) is 13.8 Å². The van der Waals surface area contributed by atoms with Crippen molar-refractivity contribution in [1.82, 2.24) is 0 Å². The molecule has 0 heterocycles. The molecule has 0 radical (unpaired) electrons. The topological polar surface area (TPSA) is 78.8 Å². The minimum absolute atomic E-state index is 0.0426. The van der Waals surface area contributed by atoms with Crippen LogP contribution in [0.4, 0.5) is 5.69 Å². The standard InChI is InChI=1S/C13H19NO4/c1-13(2,8-15)7-14-10-6-9(12(16)17)4-5-11(10)18-3/h4-6,14-15H,7-8H2,1-3H3,(H,16,17). The minimum atomic E-state index is -0.984. The quantitative estimate of drug-likeness (QED) is 0.720. The smallest absolute Gasteiger partial charge is 0.335 e. The fraction of sp³-hybridized carbons (Fsp3) is 0.462. The first-order chi connectivity index (χ1) is 8.39. The van der Waals surface area contributed by atoms with Crippen LogP contribution in [0.2, 0.25) is 0 Å². The molecule has 5 nitrogen and oxygen atoms in total. The number of benzene rings is 1. The molecule has 100 valence electrons. The molecule has 0 aliphatic rings. The summed E-state index contributed by atoms with van der Waals surface area (Å²) < 4.78 is 5.16. The van der Waals surface area contributed by atoms with E-state index in [1.54, 1.807) is 6.07 Å². The van der Waals surface area contributed by atoms with Gasteiger partial charge in [-0.2, -0.15) is 0 Å². The summed E-state index contributed by atoms with van der Waals surface area (Å²) in [6.07, 6.45) is 0. The average molecular weight is 253 g/mol. The summed E-state index contributed by atoms with van der Waals surface area (Å²) in [6, 6.07) is 4.62. The Hall–Kier alpha value is -1.75. The molecule has 0 spiro atoms. The Labute approximate surface area is 106 Å². The molecule has 0 amide bonds. The highest BCUT2D eigenvalue weighted by Crippen LogP contribution is 2.27. The van der Waals surface area contributed by atoms with Crippen LogP contribution >= 0.6 is 0 Å². The number of methoxy groups -OCH3 is 1. The van der Waals surface area contributed by atoms with Crippen molar-refractivity contribution in [2.75, 3.05) is 25.6 Å². The molecule has 0 fully saturated rings. The zero-order valence-electron chi connectivity index (χ0n) is 10.9. The van der Waals surface area contributed by atoms with Gasteiger partial charge in [-0.15, -0.1) is 0 Å². The van der Waals surface area contributed by atoms with E-state index < -0.39 is 5.97 Å². The van der Waals surface area contributed by atoms with Gasteiger partial charge in [0.2, 0.25) is 0 Å². The molecule has 0 atom stereocenters. The van der Waals surface area contributed by atoms with E-state index in [1.807, 2.05) is 13.8 Å². The van der Waals surface area contributed by atoms with Crippen LogP contribution in [0.15, 0.2) is 18.2 Å². The molecule has 0 saturated carbocycles. The van der Waals surface area contributed by atoms with Gasteiger partial charge in [0.25, 0.3) is 0 Å². The van der Waals surface area contributed by atoms with Gasteiger partial charge >= 0.3 is 5.97 Å². The first kappa shape index (κ1) is 14.3. The fourth-order valence-corrected chi connectivity index (χ4v) is 1.37. The highest BCUT2D eigenvalue weighted by Gasteiger charge is 2.17. The van der Waals surface area contributed by atoms with E-state index in [-0.39, 0.29) is 17.6 Å². The van der Waals surface area contributed by atoms with Gasteiger partial charge in [-0.25, -0.2) is 4.79 Å². The van der Waals surface area contributed by atoms with Crippen LogP contribution in [-0.2, 0) is 0 Å². The maximum Gasteiger partial charge on any atom is 0.335 e. The summed E-state index contributed by atoms with van der Waals surface area (Å²) in [5, 5.41) is 21.2. The van der Waals surface area contributed by atoms with E-state index in [2.05, 4.69) is 5.32 Å². The molecule has 1 aromatic rings. The third kappa shape index (κ3) is 3.63. The average Bonchev–Trinajstić information content (AvgIpc) is 2.36. The predicted octanol–water partition coefficient (Wildman–Crippen LogP) is 1.82. The number of hydrogen-bond acceptors (Lipinski definition) is 4. The van der Waals surface area contributed by atoms with Crippen molar-refractivity contribution < 1.29 is 19.7 Å². The Morgan fingerprint density at radius 1 is 1.44 bits per heavy atom. The van der Waals surface area contributed by atoms with Crippen LogP contribution < -0.4 is 10.1 Å². The van der Waals surface area contributed by atoms with Crippen LogP contribution in [0.25, 0.3) is 0 Å². The van der Waals surface area contributed by atoms with Gasteiger partial charge in [0, 0.05) is 18.6 Å². The van der Waals surface area contributed by atoms with E-state index in [0.29, 0.717) is 18.0 Å². The van der Waals surface area contributed by atoms with Gasteiger partial charge in [0.05, 0.1) is 18.4 Å². The molecule has 1 rings (SSSR count). The normalized spacial score (nSPS) is 11.1. The lowest BCUT2D eigenvalue weighted by atomic mass is 9.95. The molecule has 3 N–H and O–H groups in total. The molecule has 0 unspecified atom stereocenters. The van der Waals surface area contributed by atoms with Crippen LogP contribution in [-0.4, -0.2) is 36.4 Å². The van der Waals surface area contributed by atoms with E-state index in [4.69, 9.17) is 9.84 Å². The first-order valence-electron chi connectivity index (χ1n) is 5.66. The molecule has 0 bridgehead atoms. The summed E-state index contributed by atoms with van der Waals surface area (Å²) in [7, 11) is 1.53. The van der Waals surface area contributed by atoms with Gasteiger partial charge < -0.3 is 20.3 Å². The second kappa shape index (κ2) is 5.73. The Kier molecular flexibility index (Phi) is 4.55. The monoisotopic (exact) mass is 253 g/mol. The van der Waals surface area contributed by atoms with E-state index in [1.165, 1.54) is 19.2 Å². The SMILES string of the molecule is COc1ccc(C(=O)O)cc1NCC(C)(C)CO. The number of hydrogen-bond donors (Lipinski definition) is 3. The number of aliphatic hydroxyl groups excluding tert-OH is 1. The highest BCUT2D eigenvalue weighted by molar-refractivity contribution is 5.89. The Morgan fingerprint density at radius 2 is 2.11 bits per heavy atom. The molecule has 18 heavy (non-hydrogen) atoms. The number of aliphatic hydroxyl groups is 1. The fourth-order valence-electron chi connectivity index (χ4n) is 1.37. The van der Waals surface area contributed by atoms with Crippen molar-refractivity contribution >= 4 is 11.7 Å². The highest BCUT2D eigenvalue weighted by atomic mass is 16.5. The summed E-state index contributed by atoms with van der Waals surface area (Å²) in [6.45, 7) is 4.38. The van der Waals surface area contributed by atoms with Crippen LogP contribution in [0.1, 0.15) is 24.2 Å². The zero-order valence-corrected chi connectivity index (χ0v) is 10.9. The van der Waals surface area contributed by atoms with E-state index >= 15 is 0 Å². The number of carbonyl (C=O) groups is 1. The van der Waals surface area contributed by atoms with Crippen molar-refractivity contribution in [1.29, 1.82) is 0 Å². The van der Waals surface area contributed by atoms with Crippen molar-refractivity contribution in [2.45, 2.75) is 13.8 Å². The maximum atomic E-state index is 10.9. The maximum absolute atomic E-state index is 10.9. The second-order valence-electron chi connectivity index (χ2n) is 4.90. The number of ether oxygens (including phenoxy) is 1. The number of anilines is 1. The molecular formula is C13H19NO4. The van der Waals surface area contributed by atoms with Gasteiger partial charge in [0.15, 0.2) is 0 Å². The summed E-state index contributed by atoms with van der Waals surface area (Å²) in [4.78, 5) is 10.9. The Balaban J connectivity index is 2.91. The zero-order chi connectivity index (χ0) is 13.8. The van der Waals surface area contributed by atoms with Crippen LogP contribution in [0, 0.1) is 5.41 Å². The van der Waals surface area contributed by atoms with Gasteiger partial charge in [0.1, 0.15) is 5.75 Å². The Morgan fingerprint density at radius 3 is 2.61 bits per heavy atom. The van der Waals surface area contributed by atoms with Crippen molar-refractivity contribution in [3.8, 4) is 5.75 Å². The number of carboxylic acids is 1. The third-order valence-corrected chi connectivity index (χ3v) is 2.63. The minimum Gasteiger partial charge on any atom is -0.495 e. The molecule has 1 aromatic carbocycles. The Bertz CT molecular complexity index is 429. The summed E-state index contributed by atoms with van der Waals surface area (Å²) >= 11 is 0. The molecule has 0 saturated heterocycles. The number of nitrogens with one attached hydrogen (secondary N) is 1. The van der Waals surface area contributed by atoms with E-state index in [0.717, 1.165) is 0 Å². The molecule has 0 aliphatic carbocycles. The number of rotatable bonds is 6. The molecular weight excluding hydrogens is 234 g/mol. The van der Waals surface area contributed by atoms with Crippen molar-refractivity contribution in [2.24, 2.45) is 5.41 Å². The van der Waals surface area contributed by atoms with Crippen LogP contribution in [0.5, 0.6) is 5.75 Å². The van der Waals surface area contributed by atoms with Gasteiger partial charge in [-0.05, 0) is 18.2 Å². The van der Waals surface area contributed by atoms with Crippen molar-refractivity contribution in [3.05, 3.63) is 23.8 Å². The lowest BCUT2D eigenvalue weighted by Crippen LogP contribution is -2.27. The lowest BCUT2D eigenvalue weighted by Gasteiger charge is -2.23. The lowest BCUT2D eigenvalue weighted by molar-refractivity contribution is 0.0697. The number of aromatic carboxylic acids is 1. The van der Waals surface area contributed by atoms with Crippen LogP contribution in [0.3, 0.4) is 0 Å². The van der Waals surface area contributed by atoms with Gasteiger partial charge in [-0.3, -0.25) is 0 Å². The van der Waals surface area contributed by atoms with Crippen molar-refractivity contribution in [3.63, 3.8) is 0 Å². The van der Waals surface area contributed by atoms with E-state index in [9.17, 15) is 9.90 Å². The first-order valence-corrected chi connectivity index (χ1v) is 5.66. The summed E-state index contributed by atoms with van der Waals surface area (Å²) in [5.74, 6) is -0.407. The second-order valence-corrected chi connectivity index (χ2v) is 4.90. The third-order valence-electron chi connectivity index (χ3n) is 2.63. The molecule has 0 aromatic heterocycles.